The van der Waals surface area contributed by atoms with Gasteiger partial charge >= 0.3 is 0 Å². The minimum Gasteiger partial charge on any atom is -0.508 e. The van der Waals surface area contributed by atoms with Gasteiger partial charge in [-0.3, -0.25) is 0 Å². The molecule has 106 valence electrons. The van der Waals surface area contributed by atoms with E-state index in [9.17, 15) is 10.2 Å². The SMILES string of the molecule is CCC(NC(C)c1cc(O)ccc1O)c1ccccc1. The van der Waals surface area contributed by atoms with Crippen LogP contribution in [0.5, 0.6) is 11.5 Å². The lowest BCUT2D eigenvalue weighted by Gasteiger charge is -2.23. The molecular weight excluding hydrogens is 250 g/mol. The van der Waals surface area contributed by atoms with Crippen molar-refractivity contribution in [3.63, 3.8) is 0 Å². The van der Waals surface area contributed by atoms with Crippen molar-refractivity contribution < 1.29 is 10.2 Å². The molecular formula is C17H21NO2. The molecule has 20 heavy (non-hydrogen) atoms. The summed E-state index contributed by atoms with van der Waals surface area (Å²) in [6.07, 6.45) is 0.952. The third kappa shape index (κ3) is 3.31. The Morgan fingerprint density at radius 3 is 2.40 bits per heavy atom. The van der Waals surface area contributed by atoms with Crippen molar-refractivity contribution in [3.8, 4) is 11.5 Å². The third-order valence-corrected chi connectivity index (χ3v) is 3.54. The minimum absolute atomic E-state index is 0.0488. The van der Waals surface area contributed by atoms with Gasteiger partial charge in [-0.2, -0.15) is 0 Å². The van der Waals surface area contributed by atoms with Gasteiger partial charge in [-0.05, 0) is 37.1 Å². The zero-order chi connectivity index (χ0) is 14.5. The number of hydrogen-bond donors (Lipinski definition) is 3. The maximum atomic E-state index is 9.91. The Morgan fingerprint density at radius 2 is 1.75 bits per heavy atom. The van der Waals surface area contributed by atoms with Gasteiger partial charge in [-0.25, -0.2) is 0 Å². The molecule has 0 amide bonds. The summed E-state index contributed by atoms with van der Waals surface area (Å²) < 4.78 is 0. The Bertz CT molecular complexity index is 554. The minimum atomic E-state index is -0.0488. The van der Waals surface area contributed by atoms with Crippen molar-refractivity contribution >= 4 is 0 Å². The van der Waals surface area contributed by atoms with E-state index < -0.39 is 0 Å². The molecule has 0 aliphatic carbocycles. The lowest BCUT2D eigenvalue weighted by molar-refractivity contribution is 0.417. The van der Waals surface area contributed by atoms with Crippen LogP contribution in [0.15, 0.2) is 48.5 Å². The monoisotopic (exact) mass is 271 g/mol. The Morgan fingerprint density at radius 1 is 1.05 bits per heavy atom. The molecule has 2 aromatic carbocycles. The zero-order valence-corrected chi connectivity index (χ0v) is 11.9. The number of phenols is 2. The Kier molecular flexibility index (Phi) is 4.64. The quantitative estimate of drug-likeness (QED) is 0.723. The molecule has 3 nitrogen and oxygen atoms in total. The van der Waals surface area contributed by atoms with Crippen LogP contribution in [-0.2, 0) is 0 Å². The molecule has 0 bridgehead atoms. The van der Waals surface area contributed by atoms with Gasteiger partial charge in [-0.15, -0.1) is 0 Å². The van der Waals surface area contributed by atoms with Crippen molar-refractivity contribution in [2.45, 2.75) is 32.4 Å². The van der Waals surface area contributed by atoms with Crippen LogP contribution in [0.4, 0.5) is 0 Å². The van der Waals surface area contributed by atoms with Gasteiger partial charge in [0.1, 0.15) is 11.5 Å². The normalized spacial score (nSPS) is 13.9. The molecule has 0 radical (unpaired) electrons. The van der Waals surface area contributed by atoms with E-state index in [-0.39, 0.29) is 23.6 Å². The topological polar surface area (TPSA) is 52.5 Å². The highest BCUT2D eigenvalue weighted by Gasteiger charge is 2.16. The van der Waals surface area contributed by atoms with Crippen LogP contribution >= 0.6 is 0 Å². The summed E-state index contributed by atoms with van der Waals surface area (Å²) in [5.74, 6) is 0.366. The van der Waals surface area contributed by atoms with E-state index in [2.05, 4.69) is 24.4 Å². The van der Waals surface area contributed by atoms with E-state index >= 15 is 0 Å². The Balaban J connectivity index is 2.17. The molecule has 0 fully saturated rings. The smallest absolute Gasteiger partial charge is 0.120 e. The zero-order valence-electron chi connectivity index (χ0n) is 11.9. The van der Waals surface area contributed by atoms with Gasteiger partial charge in [0.2, 0.25) is 0 Å². The van der Waals surface area contributed by atoms with E-state index in [4.69, 9.17) is 0 Å². The standard InChI is InChI=1S/C17H21NO2/c1-3-16(13-7-5-4-6-8-13)18-12(2)15-11-14(19)9-10-17(15)20/h4-12,16,18-20H,3H2,1-2H3. The van der Waals surface area contributed by atoms with Crippen molar-refractivity contribution in [2.24, 2.45) is 0 Å². The van der Waals surface area contributed by atoms with Crippen LogP contribution in [0.3, 0.4) is 0 Å². The summed E-state index contributed by atoms with van der Waals surface area (Å²) in [4.78, 5) is 0. The van der Waals surface area contributed by atoms with Crippen molar-refractivity contribution in [1.82, 2.24) is 5.32 Å². The number of benzene rings is 2. The summed E-state index contributed by atoms with van der Waals surface area (Å²) in [5.41, 5.74) is 1.93. The number of phenolic OH excluding ortho intramolecular Hbond substituents is 2. The first-order chi connectivity index (χ1) is 9.61. The first-order valence-corrected chi connectivity index (χ1v) is 6.94. The lowest BCUT2D eigenvalue weighted by atomic mass is 10.0. The fourth-order valence-electron chi connectivity index (χ4n) is 2.42. The second-order valence-electron chi connectivity index (χ2n) is 5.00. The van der Waals surface area contributed by atoms with Crippen LogP contribution < -0.4 is 5.32 Å². The number of aromatic hydroxyl groups is 2. The van der Waals surface area contributed by atoms with Crippen molar-refractivity contribution in [1.29, 1.82) is 0 Å². The van der Waals surface area contributed by atoms with E-state index in [1.165, 1.54) is 17.7 Å². The highest BCUT2D eigenvalue weighted by molar-refractivity contribution is 5.40. The van der Waals surface area contributed by atoms with E-state index in [0.717, 1.165) is 6.42 Å². The highest BCUT2D eigenvalue weighted by Crippen LogP contribution is 2.30. The van der Waals surface area contributed by atoms with E-state index in [0.29, 0.717) is 5.56 Å². The van der Waals surface area contributed by atoms with Gasteiger partial charge in [0.25, 0.3) is 0 Å². The molecule has 0 saturated carbocycles. The second-order valence-corrected chi connectivity index (χ2v) is 5.00. The molecule has 0 spiro atoms. The largest absolute Gasteiger partial charge is 0.508 e. The predicted octanol–water partition coefficient (Wildman–Crippen LogP) is 3.90. The fourth-order valence-corrected chi connectivity index (χ4v) is 2.42. The van der Waals surface area contributed by atoms with Gasteiger partial charge in [0.05, 0.1) is 0 Å². The molecule has 0 aliphatic heterocycles. The predicted molar refractivity (Wildman–Crippen MR) is 80.8 cm³/mol. The first-order valence-electron chi connectivity index (χ1n) is 6.94. The molecule has 0 heterocycles. The lowest BCUT2D eigenvalue weighted by Crippen LogP contribution is -2.24. The first kappa shape index (κ1) is 14.4. The Hall–Kier alpha value is -2.00. The summed E-state index contributed by atoms with van der Waals surface area (Å²) in [7, 11) is 0. The maximum absolute atomic E-state index is 9.91. The third-order valence-electron chi connectivity index (χ3n) is 3.54. The average Bonchev–Trinajstić information content (AvgIpc) is 2.48. The van der Waals surface area contributed by atoms with Gasteiger partial charge < -0.3 is 15.5 Å². The van der Waals surface area contributed by atoms with Crippen LogP contribution in [0.1, 0.15) is 43.5 Å². The fraction of sp³-hybridized carbons (Fsp3) is 0.294. The Labute approximate surface area is 119 Å². The van der Waals surface area contributed by atoms with Gasteiger partial charge in [0, 0.05) is 17.6 Å². The molecule has 0 saturated heterocycles. The molecule has 2 rings (SSSR count). The summed E-state index contributed by atoms with van der Waals surface area (Å²) >= 11 is 0. The van der Waals surface area contributed by atoms with Crippen molar-refractivity contribution in [2.75, 3.05) is 0 Å². The van der Waals surface area contributed by atoms with Crippen LogP contribution in [-0.4, -0.2) is 10.2 Å². The summed E-state index contributed by atoms with van der Waals surface area (Å²) in [6.45, 7) is 4.11. The number of hydrogen-bond acceptors (Lipinski definition) is 3. The molecule has 3 N–H and O–H groups in total. The van der Waals surface area contributed by atoms with E-state index in [1.807, 2.05) is 25.1 Å². The molecule has 0 aromatic heterocycles. The molecule has 2 unspecified atom stereocenters. The van der Waals surface area contributed by atoms with Gasteiger partial charge in [0.15, 0.2) is 0 Å². The molecule has 2 atom stereocenters. The van der Waals surface area contributed by atoms with Crippen molar-refractivity contribution in [3.05, 3.63) is 59.7 Å². The van der Waals surface area contributed by atoms with Crippen LogP contribution in [0, 0.1) is 0 Å². The maximum Gasteiger partial charge on any atom is 0.120 e. The highest BCUT2D eigenvalue weighted by atomic mass is 16.3. The van der Waals surface area contributed by atoms with Gasteiger partial charge in [-0.1, -0.05) is 37.3 Å². The summed E-state index contributed by atoms with van der Waals surface area (Å²) in [6, 6.07) is 15.0. The second kappa shape index (κ2) is 6.44. The molecule has 3 heteroatoms. The number of rotatable bonds is 5. The van der Waals surface area contributed by atoms with Crippen LogP contribution in [0.2, 0.25) is 0 Å². The molecule has 0 aliphatic rings. The average molecular weight is 271 g/mol. The van der Waals surface area contributed by atoms with Crippen LogP contribution in [0.25, 0.3) is 0 Å². The number of nitrogens with one attached hydrogen (secondary N) is 1. The summed E-state index contributed by atoms with van der Waals surface area (Å²) in [5, 5.41) is 23.0. The van der Waals surface area contributed by atoms with E-state index in [1.54, 1.807) is 6.07 Å². The molecule has 2 aromatic rings.